The zero-order valence-corrected chi connectivity index (χ0v) is 43.6. The van der Waals surface area contributed by atoms with E-state index in [1.165, 1.54) is 13.8 Å². The van der Waals surface area contributed by atoms with E-state index >= 15 is 0 Å². The highest BCUT2D eigenvalue weighted by atomic mass is 16.2. The van der Waals surface area contributed by atoms with Gasteiger partial charge in [0.2, 0.25) is 0 Å². The summed E-state index contributed by atoms with van der Waals surface area (Å²) in [5.74, 6) is 2.77. The number of Topliss-reactive ketones (excluding diaryl/α,β-unsaturated/α-hetero) is 2. The minimum atomic E-state index is -0.0793. The number of rotatable bonds is 3. The molecular formula is C67H42N8O6. The van der Waals surface area contributed by atoms with Gasteiger partial charge in [-0.1, -0.05) is 115 Å². The van der Waals surface area contributed by atoms with E-state index in [-0.39, 0.29) is 35.2 Å². The summed E-state index contributed by atoms with van der Waals surface area (Å²) in [7, 11) is 0. The molecule has 13 aromatic rings. The average Bonchev–Trinajstić information content (AvgIpc) is 4.57. The Bertz CT molecular complexity index is 4660. The van der Waals surface area contributed by atoms with Crippen molar-refractivity contribution in [3.8, 4) is 67.8 Å². The van der Waals surface area contributed by atoms with E-state index in [9.17, 15) is 28.8 Å². The topological polar surface area (TPSA) is 174 Å². The summed E-state index contributed by atoms with van der Waals surface area (Å²) in [5, 5.41) is 0. The van der Waals surface area contributed by atoms with Gasteiger partial charge in [0.1, 0.15) is 29.1 Å². The number of fused-ring (bicyclic) bond motifs is 20. The Morgan fingerprint density at radius 2 is 0.593 bits per heavy atom. The van der Waals surface area contributed by atoms with Crippen LogP contribution in [-0.4, -0.2) is 73.4 Å². The fraction of sp³-hybridized carbons (Fsp3) is 0.0448. The highest BCUT2D eigenvalue weighted by Crippen LogP contribution is 2.42. The lowest BCUT2D eigenvalue weighted by Crippen LogP contribution is -2.06. The van der Waals surface area contributed by atoms with Gasteiger partial charge in [-0.25, -0.2) is 19.9 Å². The average molecular weight is 1060 g/mol. The molecule has 81 heavy (non-hydrogen) atoms. The summed E-state index contributed by atoms with van der Waals surface area (Å²) in [4.78, 5) is 91.4. The number of carbonyl (C=O) groups excluding carboxylic acids is 6. The number of ketones is 2. The molecule has 4 aliphatic heterocycles. The van der Waals surface area contributed by atoms with Crippen LogP contribution in [0.4, 0.5) is 0 Å². The molecule has 4 aromatic heterocycles. The second-order valence-electron chi connectivity index (χ2n) is 20.1. The molecule has 0 unspecified atom stereocenters. The molecule has 14 heteroatoms. The Hall–Kier alpha value is -11.1. The van der Waals surface area contributed by atoms with Gasteiger partial charge in [-0.2, -0.15) is 0 Å². The van der Waals surface area contributed by atoms with Crippen molar-refractivity contribution < 1.29 is 28.8 Å². The largest absolute Gasteiger partial charge is 0.300 e. The maximum Gasteiger partial charge on any atom is 0.264 e. The van der Waals surface area contributed by atoms with Gasteiger partial charge < -0.3 is 4.79 Å². The Labute approximate surface area is 460 Å². The van der Waals surface area contributed by atoms with E-state index in [2.05, 4.69) is 9.97 Å². The monoisotopic (exact) mass is 1050 g/mol. The van der Waals surface area contributed by atoms with Crippen molar-refractivity contribution in [2.75, 3.05) is 0 Å². The number of aromatic nitrogens is 8. The molecular weight excluding hydrogens is 1010 g/mol. The molecule has 14 nitrogen and oxygen atoms in total. The number of imidazole rings is 4. The molecule has 0 aliphatic carbocycles. The normalized spacial score (nSPS) is 12.6. The van der Waals surface area contributed by atoms with Gasteiger partial charge in [0.25, 0.3) is 23.6 Å². The summed E-state index contributed by atoms with van der Waals surface area (Å²) >= 11 is 0. The summed E-state index contributed by atoms with van der Waals surface area (Å²) in [5.41, 5.74) is 16.9. The first-order chi connectivity index (χ1) is 39.4. The van der Waals surface area contributed by atoms with Crippen molar-refractivity contribution in [3.05, 3.63) is 228 Å². The smallest absolute Gasteiger partial charge is 0.264 e. The van der Waals surface area contributed by atoms with Crippen LogP contribution in [-0.2, 0) is 4.79 Å². The van der Waals surface area contributed by atoms with Crippen LogP contribution in [0.25, 0.3) is 112 Å². The Morgan fingerprint density at radius 1 is 0.296 bits per heavy atom. The number of hydrogen-bond acceptors (Lipinski definition) is 10. The van der Waals surface area contributed by atoms with Crippen molar-refractivity contribution in [3.63, 3.8) is 0 Å². The predicted octanol–water partition coefficient (Wildman–Crippen LogP) is 13.3. The van der Waals surface area contributed by atoms with Gasteiger partial charge in [0, 0.05) is 27.8 Å². The standard InChI is InChI=1S/2C28H14N4O2.C8H8O.C3H6O/c33-27-19-13-15(9-11-17(19)25-29-21-5-1-3-7-23(21)31(25)27)16-10-12-18-20(14-16)28(34)32-24-8-4-2-6-22(24)30-26(18)32;33-27-19-7-3-1-5-17(19)25-29-21-13-15(9-11-23(21)31(25)27)16-10-12-24-22(14-16)30-26-18-6-2-4-8-20(18)28(34)32(24)26;1-7(9)8-5-3-2-4-6-8;1-3(2)4/h2*1-14H;2-6H,1H3;1-2H3. The zero-order chi connectivity index (χ0) is 55.4. The molecule has 0 atom stereocenters. The van der Waals surface area contributed by atoms with Crippen molar-refractivity contribution >= 4 is 79.3 Å². The Kier molecular flexibility index (Phi) is 11.0. The SMILES string of the molecule is CC(=O)c1ccccc1.CC(C)=O.O=C1c2cc(-c3ccc4c(c3)C(=O)n3c-4nc4ccccc43)ccc2-c2nc3ccccc3n21.O=C1c2ccccc2-c2nc3cc(-c4ccc5c(c4)nc4n5C(=O)c5ccccc5-4)ccc3n21. The van der Waals surface area contributed by atoms with Gasteiger partial charge >= 0.3 is 0 Å². The molecule has 0 fully saturated rings. The summed E-state index contributed by atoms with van der Waals surface area (Å²) in [6, 6.07) is 63.2. The quantitative estimate of drug-likeness (QED) is 0.155. The van der Waals surface area contributed by atoms with E-state index < -0.39 is 0 Å². The minimum Gasteiger partial charge on any atom is -0.300 e. The molecule has 0 N–H and O–H groups in total. The third-order valence-electron chi connectivity index (χ3n) is 14.9. The van der Waals surface area contributed by atoms with Crippen LogP contribution in [0.3, 0.4) is 0 Å². The van der Waals surface area contributed by atoms with Crippen molar-refractivity contribution in [2.24, 2.45) is 0 Å². The second kappa shape index (κ2) is 18.5. The lowest BCUT2D eigenvalue weighted by atomic mass is 9.96. The number of hydrogen-bond donors (Lipinski definition) is 0. The Balaban J connectivity index is 0.000000120. The fourth-order valence-corrected chi connectivity index (χ4v) is 11.2. The highest BCUT2D eigenvalue weighted by Gasteiger charge is 2.34. The van der Waals surface area contributed by atoms with E-state index in [0.717, 1.165) is 94.2 Å². The van der Waals surface area contributed by atoms with Crippen molar-refractivity contribution in [2.45, 2.75) is 20.8 Å². The van der Waals surface area contributed by atoms with Crippen LogP contribution in [0, 0.1) is 0 Å². The van der Waals surface area contributed by atoms with Crippen LogP contribution in [0.5, 0.6) is 0 Å². The number of carbonyl (C=O) groups is 6. The first kappa shape index (κ1) is 48.3. The zero-order valence-electron chi connectivity index (χ0n) is 43.6. The van der Waals surface area contributed by atoms with Gasteiger partial charge in [-0.3, -0.25) is 42.2 Å². The molecule has 0 saturated carbocycles. The number of para-hydroxylation sites is 4. The highest BCUT2D eigenvalue weighted by molar-refractivity contribution is 6.16. The number of nitrogens with zero attached hydrogens (tertiary/aromatic N) is 8. The summed E-state index contributed by atoms with van der Waals surface area (Å²) < 4.78 is 6.74. The van der Waals surface area contributed by atoms with E-state index in [4.69, 9.17) is 9.97 Å². The summed E-state index contributed by atoms with van der Waals surface area (Å²) in [6.07, 6.45) is 0. The molecule has 0 amide bonds. The fourth-order valence-electron chi connectivity index (χ4n) is 11.2. The molecule has 0 saturated heterocycles. The lowest BCUT2D eigenvalue weighted by molar-refractivity contribution is -0.115. The molecule has 17 rings (SSSR count). The maximum absolute atomic E-state index is 13.3. The number of benzene rings is 9. The molecule has 0 spiro atoms. The first-order valence-electron chi connectivity index (χ1n) is 26.1. The van der Waals surface area contributed by atoms with E-state index in [0.29, 0.717) is 45.6 Å². The van der Waals surface area contributed by atoms with Crippen LogP contribution >= 0.6 is 0 Å². The van der Waals surface area contributed by atoms with E-state index in [1.54, 1.807) is 25.2 Å². The molecule has 9 aromatic carbocycles. The molecule has 0 radical (unpaired) electrons. The summed E-state index contributed by atoms with van der Waals surface area (Å²) in [6.45, 7) is 4.62. The van der Waals surface area contributed by atoms with Crippen LogP contribution in [0.15, 0.2) is 200 Å². The van der Waals surface area contributed by atoms with Gasteiger partial charge in [0.15, 0.2) is 5.78 Å². The Morgan fingerprint density at radius 3 is 0.988 bits per heavy atom. The van der Waals surface area contributed by atoms with Gasteiger partial charge in [-0.05, 0) is 128 Å². The predicted molar refractivity (Wildman–Crippen MR) is 310 cm³/mol. The molecule has 386 valence electrons. The third kappa shape index (κ3) is 7.64. The molecule has 4 aliphatic rings. The van der Waals surface area contributed by atoms with Crippen molar-refractivity contribution in [1.29, 1.82) is 0 Å². The van der Waals surface area contributed by atoms with Crippen molar-refractivity contribution in [1.82, 2.24) is 38.2 Å². The van der Waals surface area contributed by atoms with Crippen LogP contribution in [0.2, 0.25) is 0 Å². The molecule has 8 heterocycles. The third-order valence-corrected chi connectivity index (χ3v) is 14.9. The van der Waals surface area contributed by atoms with Crippen LogP contribution < -0.4 is 0 Å². The van der Waals surface area contributed by atoms with Gasteiger partial charge in [-0.15, -0.1) is 0 Å². The minimum absolute atomic E-state index is 0.0419. The van der Waals surface area contributed by atoms with Gasteiger partial charge in [0.05, 0.1) is 66.4 Å². The molecule has 0 bridgehead atoms. The first-order valence-corrected chi connectivity index (χ1v) is 26.1. The van der Waals surface area contributed by atoms with E-state index in [1.807, 2.05) is 200 Å². The second-order valence-corrected chi connectivity index (χ2v) is 20.1. The maximum atomic E-state index is 13.3. The lowest BCUT2D eigenvalue weighted by Gasteiger charge is -2.06. The van der Waals surface area contributed by atoms with Crippen LogP contribution in [0.1, 0.15) is 72.6 Å².